The van der Waals surface area contributed by atoms with Crippen LogP contribution in [0.3, 0.4) is 0 Å². The number of para-hydroxylation sites is 1. The Bertz CT molecular complexity index is 454. The second kappa shape index (κ2) is 5.68. The summed E-state index contributed by atoms with van der Waals surface area (Å²) in [6, 6.07) is 6.98. The monoisotopic (exact) mass is 279 g/mol. The van der Waals surface area contributed by atoms with Crippen LogP contribution in [0.1, 0.15) is 6.42 Å². The van der Waals surface area contributed by atoms with Gasteiger partial charge in [-0.15, -0.1) is 0 Å². The Labute approximate surface area is 119 Å². The molecular weight excluding hydrogens is 257 g/mol. The predicted molar refractivity (Wildman–Crippen MR) is 77.4 cm³/mol. The summed E-state index contributed by atoms with van der Waals surface area (Å²) >= 11 is 0. The average Bonchev–Trinajstić information content (AvgIpc) is 2.87. The minimum Gasteiger partial charge on any atom is -0.379 e. The van der Waals surface area contributed by atoms with Gasteiger partial charge in [-0.1, -0.05) is 12.1 Å². The Morgan fingerprint density at radius 1 is 1.20 bits per heavy atom. The summed E-state index contributed by atoms with van der Waals surface area (Å²) in [5, 5.41) is 0. The van der Waals surface area contributed by atoms with Gasteiger partial charge in [-0.3, -0.25) is 4.90 Å². The summed E-state index contributed by atoms with van der Waals surface area (Å²) in [6.45, 7) is 5.83. The fraction of sp³-hybridized carbons (Fsp3) is 0.600. The van der Waals surface area contributed by atoms with Gasteiger partial charge in [0.25, 0.3) is 0 Å². The molecule has 0 bridgehead atoms. The number of rotatable bonds is 3. The fourth-order valence-corrected chi connectivity index (χ4v) is 3.05. The van der Waals surface area contributed by atoms with Crippen LogP contribution < -0.4 is 10.6 Å². The number of hydrogen-bond donors (Lipinski definition) is 1. The van der Waals surface area contributed by atoms with Crippen LogP contribution in [0.4, 0.5) is 10.1 Å². The summed E-state index contributed by atoms with van der Waals surface area (Å²) in [7, 11) is 0. The molecule has 0 aliphatic carbocycles. The van der Waals surface area contributed by atoms with Gasteiger partial charge in [0.15, 0.2) is 0 Å². The van der Waals surface area contributed by atoms with Crippen molar-refractivity contribution in [3.8, 4) is 0 Å². The lowest BCUT2D eigenvalue weighted by Crippen LogP contribution is -2.56. The van der Waals surface area contributed by atoms with Crippen LogP contribution in [0.15, 0.2) is 24.3 Å². The summed E-state index contributed by atoms with van der Waals surface area (Å²) in [5.41, 5.74) is 6.83. The number of nitrogens with two attached hydrogens (primary N) is 1. The maximum Gasteiger partial charge on any atom is 0.146 e. The predicted octanol–water partition coefficient (Wildman–Crippen LogP) is 1.07. The molecule has 5 heteroatoms. The average molecular weight is 279 g/mol. The van der Waals surface area contributed by atoms with Crippen molar-refractivity contribution in [3.63, 3.8) is 0 Å². The third-order valence-electron chi connectivity index (χ3n) is 4.24. The van der Waals surface area contributed by atoms with Gasteiger partial charge < -0.3 is 15.4 Å². The molecule has 2 aliphatic heterocycles. The summed E-state index contributed by atoms with van der Waals surface area (Å²) in [5.74, 6) is -0.138. The minimum atomic E-state index is -0.194. The van der Waals surface area contributed by atoms with Gasteiger partial charge in [0, 0.05) is 39.3 Å². The highest BCUT2D eigenvalue weighted by atomic mass is 19.1. The first kappa shape index (κ1) is 13.8. The quantitative estimate of drug-likeness (QED) is 0.898. The number of anilines is 1. The normalized spacial score (nSPS) is 28.0. The first-order valence-electron chi connectivity index (χ1n) is 7.25. The molecule has 2 aliphatic rings. The van der Waals surface area contributed by atoms with Crippen molar-refractivity contribution in [1.29, 1.82) is 0 Å². The van der Waals surface area contributed by atoms with Crippen LogP contribution in [-0.4, -0.2) is 56.4 Å². The van der Waals surface area contributed by atoms with Crippen molar-refractivity contribution in [2.75, 3.05) is 50.8 Å². The Kier molecular flexibility index (Phi) is 3.92. The molecular formula is C15H22FN3O. The van der Waals surface area contributed by atoms with Crippen LogP contribution in [0.2, 0.25) is 0 Å². The topological polar surface area (TPSA) is 41.7 Å². The van der Waals surface area contributed by atoms with Crippen LogP contribution >= 0.6 is 0 Å². The molecule has 1 unspecified atom stereocenters. The van der Waals surface area contributed by atoms with E-state index in [2.05, 4.69) is 9.80 Å². The molecule has 110 valence electrons. The second-order valence-electron chi connectivity index (χ2n) is 5.88. The van der Waals surface area contributed by atoms with Crippen molar-refractivity contribution in [2.24, 2.45) is 5.73 Å². The first-order chi connectivity index (χ1) is 9.66. The van der Waals surface area contributed by atoms with E-state index in [1.54, 1.807) is 6.07 Å². The molecule has 2 fully saturated rings. The van der Waals surface area contributed by atoms with Gasteiger partial charge in [-0.2, -0.15) is 0 Å². The zero-order valence-corrected chi connectivity index (χ0v) is 11.7. The zero-order valence-electron chi connectivity index (χ0n) is 11.7. The lowest BCUT2D eigenvalue weighted by Gasteiger charge is -2.39. The van der Waals surface area contributed by atoms with Gasteiger partial charge in [-0.25, -0.2) is 4.39 Å². The molecule has 20 heavy (non-hydrogen) atoms. The summed E-state index contributed by atoms with van der Waals surface area (Å²) in [4.78, 5) is 4.48. The van der Waals surface area contributed by atoms with E-state index in [9.17, 15) is 4.39 Å². The van der Waals surface area contributed by atoms with E-state index < -0.39 is 0 Å². The molecule has 2 saturated heterocycles. The van der Waals surface area contributed by atoms with Crippen LogP contribution in [-0.2, 0) is 4.74 Å². The maximum atomic E-state index is 13.8. The summed E-state index contributed by atoms with van der Waals surface area (Å²) < 4.78 is 19.2. The van der Waals surface area contributed by atoms with Crippen molar-refractivity contribution >= 4 is 5.69 Å². The van der Waals surface area contributed by atoms with E-state index in [1.165, 1.54) is 6.07 Å². The molecule has 0 saturated carbocycles. The Morgan fingerprint density at radius 2 is 1.95 bits per heavy atom. The molecule has 0 spiro atoms. The first-order valence-corrected chi connectivity index (χ1v) is 7.25. The second-order valence-corrected chi connectivity index (χ2v) is 5.88. The fourth-order valence-electron chi connectivity index (χ4n) is 3.05. The van der Waals surface area contributed by atoms with E-state index in [-0.39, 0.29) is 11.4 Å². The molecule has 2 heterocycles. The van der Waals surface area contributed by atoms with E-state index in [4.69, 9.17) is 10.5 Å². The van der Waals surface area contributed by atoms with E-state index in [1.807, 2.05) is 12.1 Å². The Morgan fingerprint density at radius 3 is 2.60 bits per heavy atom. The zero-order chi connectivity index (χ0) is 14.0. The lowest BCUT2D eigenvalue weighted by atomic mass is 9.99. The highest BCUT2D eigenvalue weighted by Gasteiger charge is 2.33. The van der Waals surface area contributed by atoms with Gasteiger partial charge in [0.05, 0.1) is 17.8 Å². The maximum absolute atomic E-state index is 13.8. The van der Waals surface area contributed by atoms with Gasteiger partial charge in [-0.05, 0) is 18.6 Å². The molecule has 2 N–H and O–H groups in total. The van der Waals surface area contributed by atoms with E-state index in [0.29, 0.717) is 12.3 Å². The van der Waals surface area contributed by atoms with Gasteiger partial charge >= 0.3 is 0 Å². The standard InChI is InChI=1S/C15H22FN3O/c16-13-3-1-2-4-14(13)19-8-6-18(7-9-19)11-15(17)5-10-20-12-15/h1-4H,5-12,17H2. The highest BCUT2D eigenvalue weighted by Crippen LogP contribution is 2.22. The number of benzene rings is 1. The Hall–Kier alpha value is -1.17. The molecule has 4 nitrogen and oxygen atoms in total. The molecule has 0 radical (unpaired) electrons. The van der Waals surface area contributed by atoms with Gasteiger partial charge in [0.1, 0.15) is 5.82 Å². The number of piperazine rings is 1. The van der Waals surface area contributed by atoms with Crippen LogP contribution in [0, 0.1) is 5.82 Å². The lowest BCUT2D eigenvalue weighted by molar-refractivity contribution is 0.149. The third kappa shape index (κ3) is 2.95. The van der Waals surface area contributed by atoms with Crippen molar-refractivity contribution in [1.82, 2.24) is 4.90 Å². The molecule has 1 atom stereocenters. The molecule has 1 aromatic rings. The van der Waals surface area contributed by atoms with Crippen molar-refractivity contribution in [3.05, 3.63) is 30.1 Å². The third-order valence-corrected chi connectivity index (χ3v) is 4.24. The summed E-state index contributed by atoms with van der Waals surface area (Å²) in [6.07, 6.45) is 0.931. The molecule has 1 aromatic carbocycles. The SMILES string of the molecule is NC1(CN2CCN(c3ccccc3F)CC2)CCOC1. The van der Waals surface area contributed by atoms with E-state index in [0.717, 1.165) is 45.8 Å². The number of hydrogen-bond acceptors (Lipinski definition) is 4. The molecule has 3 rings (SSSR count). The molecule has 0 aromatic heterocycles. The smallest absolute Gasteiger partial charge is 0.146 e. The van der Waals surface area contributed by atoms with Crippen molar-refractivity contribution < 1.29 is 9.13 Å². The Balaban J connectivity index is 1.56. The molecule has 0 amide bonds. The van der Waals surface area contributed by atoms with Gasteiger partial charge in [0.2, 0.25) is 0 Å². The van der Waals surface area contributed by atoms with Crippen LogP contribution in [0.25, 0.3) is 0 Å². The van der Waals surface area contributed by atoms with E-state index >= 15 is 0 Å². The van der Waals surface area contributed by atoms with Crippen LogP contribution in [0.5, 0.6) is 0 Å². The minimum absolute atomic E-state index is 0.138. The van der Waals surface area contributed by atoms with Crippen molar-refractivity contribution in [2.45, 2.75) is 12.0 Å². The number of ether oxygens (including phenoxy) is 1. The number of halogens is 1. The largest absolute Gasteiger partial charge is 0.379 e. The number of nitrogens with zero attached hydrogens (tertiary/aromatic N) is 2. The highest BCUT2D eigenvalue weighted by molar-refractivity contribution is 5.47.